The zero-order valence-corrected chi connectivity index (χ0v) is 72.3. The second kappa shape index (κ2) is 50.5. The minimum absolute atomic E-state index is 0.0100. The Labute approximate surface area is 738 Å². The number of aromatic hydroxyl groups is 1. The number of aromatic amines is 1. The number of phenolic OH excluding ortho intramolecular Hbond substituents is 1. The Morgan fingerprint density at radius 3 is 1.50 bits per heavy atom. The average Bonchev–Trinajstić information content (AvgIpc) is 1.65. The Balaban J connectivity index is 1.17. The van der Waals surface area contributed by atoms with E-state index in [1.807, 2.05) is 0 Å². The lowest BCUT2D eigenvalue weighted by Gasteiger charge is -2.32. The summed E-state index contributed by atoms with van der Waals surface area (Å²) in [6.07, 6.45) is -1.28. The number of hydrogen-bond donors (Lipinski definition) is 26. The summed E-state index contributed by atoms with van der Waals surface area (Å²) >= 11 is 0. The molecule has 3 aromatic carbocycles. The maximum atomic E-state index is 15.2. The molecular weight excluding hydrogens is 1670 g/mol. The van der Waals surface area contributed by atoms with Crippen molar-refractivity contribution >= 4 is 123 Å². The summed E-state index contributed by atoms with van der Waals surface area (Å²) in [5.74, 6) is -19.6. The molecule has 0 spiro atoms. The van der Waals surface area contributed by atoms with Gasteiger partial charge >= 0.3 is 5.97 Å². The van der Waals surface area contributed by atoms with Gasteiger partial charge in [0.15, 0.2) is 11.9 Å². The van der Waals surface area contributed by atoms with Gasteiger partial charge in [-0.1, -0.05) is 101 Å². The van der Waals surface area contributed by atoms with Crippen molar-refractivity contribution in [3.8, 4) is 5.75 Å². The number of benzene rings is 3. The van der Waals surface area contributed by atoms with Crippen LogP contribution >= 0.6 is 0 Å². The number of carbonyl (C=O) groups is 17. The zero-order chi connectivity index (χ0) is 94.8. The van der Waals surface area contributed by atoms with E-state index in [-0.39, 0.29) is 109 Å². The number of aliphatic hydroxyl groups is 2. The standard InChI is InChI=1S/C83H122N24O21/c1-7-42(3)66(78(125)97-53(23-15-31-92-83(89)90)71(118)98-54(68(86)115)34-46-18-10-9-11-19-46)104-63(112)40-94-70(117)52(22-14-30-91-82(87)88)96-75(122)59(41-108)103-69(116)44(5)95-72(119)55(35-47-26-28-49(110)29-27-47)99-73(120)56(36-48-39-93-51-21-13-12-20-50(48)51)100-76(123)60-24-16-32-106(60)80(127)58(37-62(84)111)102-79(126)67(43(4)8-2)105-74(121)57(38-64(113)114)101-77(124)61-25-17-33-107(61)81(128)65(85)45(6)109/h9-13,18-21,26-29,39,42-45,52-61,65-67,93,108-110H,7-8,14-17,22-25,30-38,40-41,85H2,1-6H3,(H2,84,111)(H2,86,115)(H,94,117)(H,95,119)(H,96,122)(H,97,125)(H,98,118)(H,99,120)(H,100,123)(H,101,124)(H,102,126)(H,103,116)(H,104,112)(H,105,121)(H,113,114)(H4,87,88,91)(H4,89,90,92)/t42-,43-,44-,45+,52-,53-,54-,55-,56-,57-,58-,59-,60-,61-,65-,66-,67-/m0/s1. The lowest BCUT2D eigenvalue weighted by atomic mass is 9.96. The highest BCUT2D eigenvalue weighted by atomic mass is 16.4. The van der Waals surface area contributed by atoms with Gasteiger partial charge in [0.25, 0.3) is 0 Å². The number of aliphatic hydroxyl groups excluding tert-OH is 2. The van der Waals surface area contributed by atoms with Crippen LogP contribution in [0, 0.1) is 22.7 Å². The summed E-state index contributed by atoms with van der Waals surface area (Å²) in [5, 5.41) is 91.9. The highest BCUT2D eigenvalue weighted by Gasteiger charge is 2.44. The molecule has 2 fully saturated rings. The van der Waals surface area contributed by atoms with Crippen molar-refractivity contribution in [3.05, 3.63) is 102 Å². The third-order valence-corrected chi connectivity index (χ3v) is 22.0. The summed E-state index contributed by atoms with van der Waals surface area (Å²) < 4.78 is 0. The molecule has 45 heteroatoms. The number of nitrogens with zero attached hydrogens (tertiary/aromatic N) is 2. The number of aliphatic carboxylic acids is 1. The smallest absolute Gasteiger partial charge is 0.305 e. The van der Waals surface area contributed by atoms with Crippen molar-refractivity contribution in [2.24, 2.45) is 40.5 Å². The van der Waals surface area contributed by atoms with Crippen LogP contribution in [0.4, 0.5) is 0 Å². The predicted molar refractivity (Wildman–Crippen MR) is 463 cm³/mol. The van der Waals surface area contributed by atoms with Gasteiger partial charge in [-0.25, -0.2) is 0 Å². The van der Waals surface area contributed by atoms with E-state index < -0.39 is 235 Å². The fourth-order valence-electron chi connectivity index (χ4n) is 14.4. The molecule has 128 heavy (non-hydrogen) atoms. The highest BCUT2D eigenvalue weighted by molar-refractivity contribution is 6.02. The van der Waals surface area contributed by atoms with Crippen molar-refractivity contribution in [3.63, 3.8) is 0 Å². The van der Waals surface area contributed by atoms with E-state index in [9.17, 15) is 97.1 Å². The van der Waals surface area contributed by atoms with E-state index >= 15 is 4.79 Å². The Kier molecular flexibility index (Phi) is 40.7. The average molecular weight is 1790 g/mol. The Morgan fingerprint density at radius 1 is 0.492 bits per heavy atom. The zero-order valence-electron chi connectivity index (χ0n) is 72.3. The lowest BCUT2D eigenvalue weighted by Crippen LogP contribution is -2.61. The SMILES string of the molecule is CC[C@H](C)[C@H](NC(=O)CNC(=O)[C@H](CCCNC(=N)N)NC(=O)[C@H](CO)NC(=O)[C@H](C)NC(=O)[C@H](Cc1ccc(O)cc1)NC(=O)[C@H](Cc1c[nH]c2ccccc12)NC(=O)[C@@H]1CCCN1C(=O)[C@H](CC(N)=O)NC(=O)[C@@H](NC(=O)[C@H](CC(=O)O)NC(=O)[C@@H]1CCCN1C(=O)[C@@H](N)[C@@H](C)O)[C@@H](C)CC)C(=O)N[C@@H](CCCNC(=N)N)C(=O)N[C@@H](Cc1ccccc1)C(N)=O. The number of aromatic nitrogens is 1. The molecule has 6 rings (SSSR count). The lowest BCUT2D eigenvalue weighted by molar-refractivity contribution is -0.144. The van der Waals surface area contributed by atoms with Crippen LogP contribution in [0.15, 0.2) is 85.1 Å². The number of nitrogens with two attached hydrogens (primary N) is 5. The van der Waals surface area contributed by atoms with Crippen molar-refractivity contribution in [2.75, 3.05) is 39.3 Å². The van der Waals surface area contributed by atoms with Crippen molar-refractivity contribution in [1.82, 2.24) is 89.2 Å². The van der Waals surface area contributed by atoms with Gasteiger partial charge in [-0.3, -0.25) is 92.3 Å². The second-order valence-electron chi connectivity index (χ2n) is 31.8. The number of amides is 16. The largest absolute Gasteiger partial charge is 0.508 e. The minimum Gasteiger partial charge on any atom is -0.508 e. The number of carboxylic acid groups (broad SMARTS) is 1. The number of likely N-dealkylation sites (tertiary alicyclic amines) is 2. The fourth-order valence-corrected chi connectivity index (χ4v) is 14.4. The van der Waals surface area contributed by atoms with Crippen molar-refractivity contribution < 1.29 is 102 Å². The summed E-state index contributed by atoms with van der Waals surface area (Å²) in [5.41, 5.74) is 30.3. The van der Waals surface area contributed by atoms with Crippen LogP contribution in [0.3, 0.4) is 0 Å². The number of rotatable bonds is 51. The molecule has 2 aliphatic rings. The summed E-state index contributed by atoms with van der Waals surface area (Å²) in [6.45, 7) is 7.09. The Morgan fingerprint density at radius 2 is 0.953 bits per heavy atom. The number of H-pyrrole nitrogens is 1. The molecular formula is C83H122N24O21. The quantitative estimate of drug-likeness (QED) is 0.0111. The van der Waals surface area contributed by atoms with Crippen LogP contribution in [0.1, 0.15) is 135 Å². The number of carbonyl (C=O) groups excluding carboxylic acids is 16. The number of carboxylic acids is 1. The van der Waals surface area contributed by atoms with Crippen LogP contribution in [0.5, 0.6) is 5.75 Å². The van der Waals surface area contributed by atoms with Gasteiger partial charge in [0, 0.05) is 62.5 Å². The first-order valence-corrected chi connectivity index (χ1v) is 42.2. The van der Waals surface area contributed by atoms with Crippen LogP contribution in [0.25, 0.3) is 10.9 Å². The van der Waals surface area contributed by atoms with Crippen LogP contribution < -0.4 is 103 Å². The maximum Gasteiger partial charge on any atom is 0.305 e. The molecule has 1 aromatic heterocycles. The molecule has 700 valence electrons. The van der Waals surface area contributed by atoms with Gasteiger partial charge < -0.3 is 138 Å². The molecule has 0 bridgehead atoms. The Bertz CT molecular complexity index is 4590. The van der Waals surface area contributed by atoms with Gasteiger partial charge in [0.05, 0.1) is 32.1 Å². The van der Waals surface area contributed by atoms with Crippen molar-refractivity contribution in [2.45, 2.75) is 229 Å². The molecule has 2 saturated heterocycles. The molecule has 45 nitrogen and oxygen atoms in total. The van der Waals surface area contributed by atoms with Crippen LogP contribution in [0.2, 0.25) is 0 Å². The molecule has 31 N–H and O–H groups in total. The predicted octanol–water partition coefficient (Wildman–Crippen LogP) is -6.49. The number of phenols is 1. The maximum absolute atomic E-state index is 15.2. The first-order chi connectivity index (χ1) is 60.6. The molecule has 0 saturated carbocycles. The van der Waals surface area contributed by atoms with Gasteiger partial charge in [0.2, 0.25) is 94.5 Å². The minimum atomic E-state index is -1.86. The van der Waals surface area contributed by atoms with E-state index in [0.717, 1.165) is 9.80 Å². The van der Waals surface area contributed by atoms with Gasteiger partial charge in [-0.15, -0.1) is 0 Å². The molecule has 3 heterocycles. The number of para-hydroxylation sites is 1. The fraction of sp³-hybridized carbons (Fsp3) is 0.530. The first-order valence-electron chi connectivity index (χ1n) is 42.2. The molecule has 16 amide bonds. The first kappa shape index (κ1) is 103. The molecule has 0 aliphatic carbocycles. The normalized spacial score (nSPS) is 17.0. The molecule has 17 atom stereocenters. The number of nitrogens with one attached hydrogen (secondary N) is 17. The molecule has 4 aromatic rings. The highest BCUT2D eigenvalue weighted by Crippen LogP contribution is 2.25. The summed E-state index contributed by atoms with van der Waals surface area (Å²) in [6, 6.07) is -0.384. The van der Waals surface area contributed by atoms with Crippen molar-refractivity contribution in [1.29, 1.82) is 10.8 Å². The molecule has 0 unspecified atom stereocenters. The number of guanidine groups is 2. The molecule has 0 radical (unpaired) electrons. The number of primary amides is 2. The number of hydrogen-bond acceptors (Lipinski definition) is 23. The van der Waals surface area contributed by atoms with Gasteiger partial charge in [-0.2, -0.15) is 0 Å². The van der Waals surface area contributed by atoms with E-state index in [4.69, 9.17) is 39.5 Å². The van der Waals surface area contributed by atoms with E-state index in [1.165, 1.54) is 45.0 Å². The van der Waals surface area contributed by atoms with E-state index in [0.29, 0.717) is 40.4 Å². The summed E-state index contributed by atoms with van der Waals surface area (Å²) in [7, 11) is 0. The van der Waals surface area contributed by atoms with E-state index in [2.05, 4.69) is 79.4 Å². The third-order valence-electron chi connectivity index (χ3n) is 22.0. The third kappa shape index (κ3) is 31.8. The van der Waals surface area contributed by atoms with Gasteiger partial charge in [0.1, 0.15) is 90.3 Å². The number of fused-ring (bicyclic) bond motifs is 1. The van der Waals surface area contributed by atoms with E-state index in [1.54, 1.807) is 81.6 Å². The van der Waals surface area contributed by atoms with Gasteiger partial charge in [-0.05, 0) is 112 Å². The molecule has 2 aliphatic heterocycles. The Hall–Kier alpha value is -13.6. The van der Waals surface area contributed by atoms with Crippen LogP contribution in [-0.4, -0.2) is 278 Å². The topological polar surface area (TPSA) is 740 Å². The monoisotopic (exact) mass is 1790 g/mol. The second-order valence-corrected chi connectivity index (χ2v) is 31.8. The summed E-state index contributed by atoms with van der Waals surface area (Å²) in [4.78, 5) is 242. The van der Waals surface area contributed by atoms with Crippen LogP contribution in [-0.2, 0) is 101 Å².